The number of urea groups is 1. The van der Waals surface area contributed by atoms with E-state index in [0.29, 0.717) is 32.5 Å². The Bertz CT molecular complexity index is 794. The second-order valence-electron chi connectivity index (χ2n) is 6.59. The van der Waals surface area contributed by atoms with Crippen molar-refractivity contribution in [2.75, 3.05) is 18.4 Å². The molecule has 2 aromatic carbocycles. The van der Waals surface area contributed by atoms with Gasteiger partial charge in [-0.2, -0.15) is 0 Å². The van der Waals surface area contributed by atoms with Crippen LogP contribution >= 0.6 is 0 Å². The van der Waals surface area contributed by atoms with Crippen LogP contribution in [0.1, 0.15) is 18.4 Å². The number of rotatable bonds is 5. The highest BCUT2D eigenvalue weighted by Gasteiger charge is 2.28. The molecule has 0 saturated carbocycles. The summed E-state index contributed by atoms with van der Waals surface area (Å²) >= 11 is 0. The smallest absolute Gasteiger partial charge is 0.322 e. The van der Waals surface area contributed by atoms with Gasteiger partial charge < -0.3 is 15.5 Å². The van der Waals surface area contributed by atoms with E-state index in [-0.39, 0.29) is 11.8 Å². The van der Waals surface area contributed by atoms with Gasteiger partial charge in [0, 0.05) is 26.1 Å². The maximum absolute atomic E-state index is 13.6. The van der Waals surface area contributed by atoms with Gasteiger partial charge in [0.05, 0.1) is 0 Å². The summed E-state index contributed by atoms with van der Waals surface area (Å²) in [5.74, 6) is -1.69. The van der Waals surface area contributed by atoms with Crippen LogP contribution in [-0.2, 0) is 11.3 Å². The summed E-state index contributed by atoms with van der Waals surface area (Å²) in [4.78, 5) is 25.8. The zero-order valence-electron chi connectivity index (χ0n) is 14.8. The minimum atomic E-state index is -0.820. The Kier molecular flexibility index (Phi) is 6.01. The van der Waals surface area contributed by atoms with Gasteiger partial charge in [0.25, 0.3) is 0 Å². The molecule has 3 rings (SSSR count). The SMILES string of the molecule is O=C(CC1CCN(C(=O)Nc2c(F)cccc2F)C1)NCc1ccccc1. The lowest BCUT2D eigenvalue weighted by Crippen LogP contribution is -2.34. The Labute approximate surface area is 156 Å². The highest BCUT2D eigenvalue weighted by atomic mass is 19.1. The van der Waals surface area contributed by atoms with Crippen molar-refractivity contribution in [1.29, 1.82) is 0 Å². The highest BCUT2D eigenvalue weighted by Crippen LogP contribution is 2.23. The molecule has 0 bridgehead atoms. The number of anilines is 1. The summed E-state index contributed by atoms with van der Waals surface area (Å²) in [6, 6.07) is 12.4. The molecule has 0 spiro atoms. The van der Waals surface area contributed by atoms with Gasteiger partial charge in [-0.05, 0) is 30.0 Å². The number of likely N-dealkylation sites (tertiary alicyclic amines) is 1. The largest absolute Gasteiger partial charge is 0.352 e. The molecule has 1 unspecified atom stereocenters. The van der Waals surface area contributed by atoms with E-state index in [1.807, 2.05) is 30.3 Å². The maximum atomic E-state index is 13.6. The molecule has 1 fully saturated rings. The first kappa shape index (κ1) is 18.8. The number of nitrogens with one attached hydrogen (secondary N) is 2. The fourth-order valence-corrected chi connectivity index (χ4v) is 3.12. The standard InChI is InChI=1S/C20H21F2N3O2/c21-16-7-4-8-17(22)19(16)24-20(27)25-10-9-15(13-25)11-18(26)23-12-14-5-2-1-3-6-14/h1-8,15H,9-13H2,(H,23,26)(H,24,27). The third-order valence-corrected chi connectivity index (χ3v) is 4.57. The van der Waals surface area contributed by atoms with Gasteiger partial charge in [-0.25, -0.2) is 13.6 Å². The maximum Gasteiger partial charge on any atom is 0.322 e. The molecule has 0 aromatic heterocycles. The van der Waals surface area contributed by atoms with E-state index in [2.05, 4.69) is 10.6 Å². The van der Waals surface area contributed by atoms with E-state index < -0.39 is 23.4 Å². The van der Waals surface area contributed by atoms with Crippen molar-refractivity contribution in [3.05, 3.63) is 65.7 Å². The van der Waals surface area contributed by atoms with Crippen molar-refractivity contribution in [2.45, 2.75) is 19.4 Å². The van der Waals surface area contributed by atoms with E-state index in [4.69, 9.17) is 0 Å². The van der Waals surface area contributed by atoms with Gasteiger partial charge in [-0.1, -0.05) is 36.4 Å². The molecule has 1 atom stereocenters. The molecule has 0 radical (unpaired) electrons. The van der Waals surface area contributed by atoms with Crippen LogP contribution < -0.4 is 10.6 Å². The van der Waals surface area contributed by atoms with Gasteiger partial charge in [-0.3, -0.25) is 4.79 Å². The van der Waals surface area contributed by atoms with Crippen LogP contribution in [0.3, 0.4) is 0 Å². The van der Waals surface area contributed by atoms with E-state index in [1.165, 1.54) is 11.0 Å². The molecular weight excluding hydrogens is 352 g/mol. The van der Waals surface area contributed by atoms with Gasteiger partial charge in [0.1, 0.15) is 17.3 Å². The van der Waals surface area contributed by atoms with Crippen LogP contribution in [0.4, 0.5) is 19.3 Å². The second kappa shape index (κ2) is 8.62. The monoisotopic (exact) mass is 373 g/mol. The number of hydrogen-bond donors (Lipinski definition) is 2. The lowest BCUT2D eigenvalue weighted by molar-refractivity contribution is -0.122. The van der Waals surface area contributed by atoms with Crippen molar-refractivity contribution >= 4 is 17.6 Å². The number of carbonyl (C=O) groups excluding carboxylic acids is 2. The number of amides is 3. The topological polar surface area (TPSA) is 61.4 Å². The van der Waals surface area contributed by atoms with Crippen molar-refractivity contribution in [2.24, 2.45) is 5.92 Å². The minimum absolute atomic E-state index is 0.0250. The molecule has 2 aromatic rings. The summed E-state index contributed by atoms with van der Waals surface area (Å²) in [6.45, 7) is 1.28. The summed E-state index contributed by atoms with van der Waals surface area (Å²) in [5, 5.41) is 5.14. The molecule has 142 valence electrons. The predicted molar refractivity (Wildman–Crippen MR) is 98.0 cm³/mol. The Balaban J connectivity index is 1.46. The van der Waals surface area contributed by atoms with Crippen molar-refractivity contribution in [3.63, 3.8) is 0 Å². The number of hydrogen-bond acceptors (Lipinski definition) is 2. The predicted octanol–water partition coefficient (Wildman–Crippen LogP) is 3.53. The Morgan fingerprint density at radius 3 is 2.44 bits per heavy atom. The highest BCUT2D eigenvalue weighted by molar-refractivity contribution is 5.89. The van der Waals surface area contributed by atoms with Crippen molar-refractivity contribution in [3.8, 4) is 0 Å². The van der Waals surface area contributed by atoms with Crippen LogP contribution in [0, 0.1) is 17.6 Å². The van der Waals surface area contributed by atoms with Crippen molar-refractivity contribution < 1.29 is 18.4 Å². The van der Waals surface area contributed by atoms with Gasteiger partial charge in [0.15, 0.2) is 0 Å². The molecule has 7 heteroatoms. The zero-order valence-corrected chi connectivity index (χ0v) is 14.8. The van der Waals surface area contributed by atoms with Crippen LogP contribution in [0.5, 0.6) is 0 Å². The summed E-state index contributed by atoms with van der Waals surface area (Å²) in [5.41, 5.74) is 0.566. The Hall–Kier alpha value is -2.96. The molecule has 1 aliphatic heterocycles. The first-order valence-electron chi connectivity index (χ1n) is 8.83. The number of benzene rings is 2. The molecule has 1 heterocycles. The van der Waals surface area contributed by atoms with Crippen LogP contribution in [0.25, 0.3) is 0 Å². The third kappa shape index (κ3) is 5.03. The van der Waals surface area contributed by atoms with Crippen LogP contribution in [-0.4, -0.2) is 29.9 Å². The summed E-state index contributed by atoms with van der Waals surface area (Å²) < 4.78 is 27.3. The van der Waals surface area contributed by atoms with Crippen LogP contribution in [0.2, 0.25) is 0 Å². The minimum Gasteiger partial charge on any atom is -0.352 e. The summed E-state index contributed by atoms with van der Waals surface area (Å²) in [6.07, 6.45) is 0.983. The van der Waals surface area contributed by atoms with Crippen molar-refractivity contribution in [1.82, 2.24) is 10.2 Å². The molecule has 1 saturated heterocycles. The quantitative estimate of drug-likeness (QED) is 0.842. The number of nitrogens with zero attached hydrogens (tertiary/aromatic N) is 1. The van der Waals surface area contributed by atoms with Gasteiger partial charge in [-0.15, -0.1) is 0 Å². The number of carbonyl (C=O) groups is 2. The Morgan fingerprint density at radius 2 is 1.74 bits per heavy atom. The molecule has 3 amide bonds. The van der Waals surface area contributed by atoms with Crippen LogP contribution in [0.15, 0.2) is 48.5 Å². The molecule has 27 heavy (non-hydrogen) atoms. The first-order chi connectivity index (χ1) is 13.0. The molecule has 1 aliphatic rings. The molecular formula is C20H21F2N3O2. The fraction of sp³-hybridized carbons (Fsp3) is 0.300. The average Bonchev–Trinajstić information content (AvgIpc) is 3.12. The number of halogens is 2. The lowest BCUT2D eigenvalue weighted by Gasteiger charge is -2.18. The van der Waals surface area contributed by atoms with Gasteiger partial charge in [0.2, 0.25) is 5.91 Å². The zero-order chi connectivity index (χ0) is 19.2. The van der Waals surface area contributed by atoms with E-state index >= 15 is 0 Å². The van der Waals surface area contributed by atoms with Gasteiger partial charge >= 0.3 is 6.03 Å². The van der Waals surface area contributed by atoms with E-state index in [1.54, 1.807) is 0 Å². The lowest BCUT2D eigenvalue weighted by atomic mass is 10.0. The molecule has 5 nitrogen and oxygen atoms in total. The summed E-state index contributed by atoms with van der Waals surface area (Å²) in [7, 11) is 0. The molecule has 0 aliphatic carbocycles. The third-order valence-electron chi connectivity index (χ3n) is 4.57. The Morgan fingerprint density at radius 1 is 1.04 bits per heavy atom. The van der Waals surface area contributed by atoms with E-state index in [9.17, 15) is 18.4 Å². The van der Waals surface area contributed by atoms with E-state index in [0.717, 1.165) is 17.7 Å². The molecule has 2 N–H and O–H groups in total. The average molecular weight is 373 g/mol. The normalized spacial score (nSPS) is 16.2. The first-order valence-corrected chi connectivity index (χ1v) is 8.83. The fourth-order valence-electron chi connectivity index (χ4n) is 3.12. The number of para-hydroxylation sites is 1. The second-order valence-corrected chi connectivity index (χ2v) is 6.59.